The lowest BCUT2D eigenvalue weighted by atomic mass is 10.1. The highest BCUT2D eigenvalue weighted by atomic mass is 15.1. The summed E-state index contributed by atoms with van der Waals surface area (Å²) in [5, 5.41) is 26.0. The molecule has 0 saturated carbocycles. The molecule has 0 saturated heterocycles. The van der Waals surface area contributed by atoms with Gasteiger partial charge in [-0.15, -0.1) is 0 Å². The van der Waals surface area contributed by atoms with Crippen LogP contribution in [0.25, 0.3) is 82.7 Å². The van der Waals surface area contributed by atoms with Crippen molar-refractivity contribution in [3.05, 3.63) is 157 Å². The number of fused-ring (bicyclic) bond motifs is 9. The molecular formula is C43H24N6. The Kier molecular flexibility index (Phi) is 5.61. The Labute approximate surface area is 280 Å². The zero-order chi connectivity index (χ0) is 32.6. The minimum atomic E-state index is 0.610. The predicted octanol–water partition coefficient (Wildman–Crippen LogP) is 10.1. The van der Waals surface area contributed by atoms with Gasteiger partial charge in [0.2, 0.25) is 0 Å². The van der Waals surface area contributed by atoms with Gasteiger partial charge >= 0.3 is 0 Å². The Morgan fingerprint density at radius 3 is 1.43 bits per heavy atom. The van der Waals surface area contributed by atoms with Gasteiger partial charge in [-0.2, -0.15) is 10.5 Å². The van der Waals surface area contributed by atoms with Crippen molar-refractivity contribution in [2.24, 2.45) is 0 Å². The number of hydrogen-bond acceptors (Lipinski definition) is 3. The molecule has 0 radical (unpaired) electrons. The fraction of sp³-hybridized carbons (Fsp3) is 0. The number of aromatic nitrogens is 4. The van der Waals surface area contributed by atoms with Crippen LogP contribution >= 0.6 is 0 Å². The summed E-state index contributed by atoms with van der Waals surface area (Å²) in [6.45, 7) is 0. The van der Waals surface area contributed by atoms with Crippen molar-refractivity contribution >= 4 is 65.4 Å². The maximum absolute atomic E-state index is 9.91. The van der Waals surface area contributed by atoms with Crippen molar-refractivity contribution in [2.45, 2.75) is 0 Å². The Balaban J connectivity index is 1.29. The molecule has 4 aromatic heterocycles. The Hall–Kier alpha value is -7.15. The number of hydrogen-bond donors (Lipinski definition) is 0. The van der Waals surface area contributed by atoms with Crippen LogP contribution in [0, 0.1) is 22.7 Å². The molecule has 0 atom stereocenters. The van der Waals surface area contributed by atoms with Crippen molar-refractivity contribution in [1.82, 2.24) is 18.7 Å². The third-order valence-electron chi connectivity index (χ3n) is 9.68. The number of rotatable bonds is 3. The zero-order valence-corrected chi connectivity index (χ0v) is 26.0. The van der Waals surface area contributed by atoms with Gasteiger partial charge in [-0.25, -0.2) is 4.98 Å². The molecular weight excluding hydrogens is 601 g/mol. The lowest BCUT2D eigenvalue weighted by Crippen LogP contribution is -2.03. The van der Waals surface area contributed by atoms with Gasteiger partial charge in [0.25, 0.3) is 0 Å². The van der Waals surface area contributed by atoms with Crippen molar-refractivity contribution in [1.29, 1.82) is 10.5 Å². The summed E-state index contributed by atoms with van der Waals surface area (Å²) in [7, 11) is 0. The molecule has 0 aliphatic heterocycles. The molecule has 0 aliphatic rings. The minimum Gasteiger partial charge on any atom is -0.309 e. The van der Waals surface area contributed by atoms with E-state index in [1.165, 1.54) is 5.39 Å². The van der Waals surface area contributed by atoms with E-state index in [0.717, 1.165) is 77.4 Å². The van der Waals surface area contributed by atoms with E-state index in [1.54, 1.807) is 0 Å². The quantitative estimate of drug-likeness (QED) is 0.196. The van der Waals surface area contributed by atoms with Gasteiger partial charge in [0.15, 0.2) is 0 Å². The molecule has 0 unspecified atom stereocenters. The largest absolute Gasteiger partial charge is 0.309 e. The zero-order valence-electron chi connectivity index (χ0n) is 26.0. The lowest BCUT2D eigenvalue weighted by molar-refractivity contribution is 1.01. The van der Waals surface area contributed by atoms with Crippen LogP contribution in [0.5, 0.6) is 0 Å². The van der Waals surface area contributed by atoms with Gasteiger partial charge in [-0.3, -0.25) is 9.13 Å². The van der Waals surface area contributed by atoms with Crippen molar-refractivity contribution < 1.29 is 0 Å². The average molecular weight is 625 g/mol. The molecule has 0 N–H and O–H groups in total. The van der Waals surface area contributed by atoms with Gasteiger partial charge in [-0.05, 0) is 84.9 Å². The fourth-order valence-electron chi connectivity index (χ4n) is 7.60. The summed E-state index contributed by atoms with van der Waals surface area (Å²) < 4.78 is 6.70. The van der Waals surface area contributed by atoms with E-state index in [1.807, 2.05) is 72.8 Å². The smallest absolute Gasteiger partial charge is 0.140 e. The SMILES string of the molecule is N#Cc1ccc2c(c1)c1ccccc1n2-c1cccc(-n2c3ccc(C#N)cc3c3cc4c(cc32)c2ccccc2n4-c2ccccc2)n1. The minimum absolute atomic E-state index is 0.610. The summed E-state index contributed by atoms with van der Waals surface area (Å²) in [6.07, 6.45) is 0. The number of para-hydroxylation sites is 3. The first kappa shape index (κ1) is 27.0. The number of nitriles is 2. The van der Waals surface area contributed by atoms with Crippen molar-refractivity contribution in [3.8, 4) is 29.5 Å². The van der Waals surface area contributed by atoms with Crippen LogP contribution in [-0.2, 0) is 0 Å². The van der Waals surface area contributed by atoms with Crippen molar-refractivity contribution in [2.75, 3.05) is 0 Å². The molecule has 0 spiro atoms. The molecule has 0 bridgehead atoms. The van der Waals surface area contributed by atoms with E-state index >= 15 is 0 Å². The second-order valence-electron chi connectivity index (χ2n) is 12.3. The maximum atomic E-state index is 9.91. The summed E-state index contributed by atoms with van der Waals surface area (Å²) in [5.74, 6) is 1.55. The van der Waals surface area contributed by atoms with Gasteiger partial charge in [0.1, 0.15) is 11.6 Å². The molecule has 10 aromatic rings. The molecule has 6 nitrogen and oxygen atoms in total. The van der Waals surface area contributed by atoms with Crippen LogP contribution in [0.4, 0.5) is 0 Å². The van der Waals surface area contributed by atoms with Gasteiger partial charge < -0.3 is 4.57 Å². The molecule has 4 heterocycles. The van der Waals surface area contributed by atoms with Crippen LogP contribution in [0.15, 0.2) is 146 Å². The summed E-state index contributed by atoms with van der Waals surface area (Å²) >= 11 is 0. The van der Waals surface area contributed by atoms with Crippen LogP contribution in [0.1, 0.15) is 11.1 Å². The summed E-state index contributed by atoms with van der Waals surface area (Å²) in [5.41, 5.74) is 8.56. The average Bonchev–Trinajstić information content (AvgIpc) is 3.79. The highest BCUT2D eigenvalue weighted by molar-refractivity contribution is 6.19. The van der Waals surface area contributed by atoms with Crippen LogP contribution in [-0.4, -0.2) is 18.7 Å². The Morgan fingerprint density at radius 2 is 0.816 bits per heavy atom. The summed E-state index contributed by atoms with van der Waals surface area (Å²) in [4.78, 5) is 5.33. The first-order chi connectivity index (χ1) is 24.2. The number of nitrogens with zero attached hydrogens (tertiary/aromatic N) is 6. The molecule has 10 rings (SSSR count). The maximum Gasteiger partial charge on any atom is 0.140 e. The number of pyridine rings is 1. The first-order valence-corrected chi connectivity index (χ1v) is 16.1. The fourth-order valence-corrected chi connectivity index (χ4v) is 7.60. The number of benzene rings is 6. The van der Waals surface area contributed by atoms with Crippen LogP contribution in [0.3, 0.4) is 0 Å². The van der Waals surface area contributed by atoms with Crippen LogP contribution in [0.2, 0.25) is 0 Å². The standard InChI is InChI=1S/C43H24N6/c44-25-27-17-19-38-32(21-27)30-11-5-7-14-37(30)48(38)42-15-8-16-43(46-42)49-39-20-18-28(26-45)22-33(39)35-24-40-34(23-41(35)49)31-12-4-6-13-36(31)47(40)29-9-2-1-3-10-29/h1-24H. The molecule has 0 aliphatic carbocycles. The molecule has 0 amide bonds. The Bertz CT molecular complexity index is 3070. The Morgan fingerprint density at radius 1 is 0.367 bits per heavy atom. The lowest BCUT2D eigenvalue weighted by Gasteiger charge is -2.12. The van der Waals surface area contributed by atoms with Gasteiger partial charge in [0, 0.05) is 38.0 Å². The van der Waals surface area contributed by atoms with E-state index < -0.39 is 0 Å². The van der Waals surface area contributed by atoms with E-state index in [-0.39, 0.29) is 0 Å². The third-order valence-corrected chi connectivity index (χ3v) is 9.68. The highest BCUT2D eigenvalue weighted by Gasteiger charge is 2.20. The molecule has 6 heteroatoms. The highest BCUT2D eigenvalue weighted by Crippen LogP contribution is 2.40. The van der Waals surface area contributed by atoms with Crippen LogP contribution < -0.4 is 0 Å². The van der Waals surface area contributed by atoms with Gasteiger partial charge in [-0.1, -0.05) is 60.7 Å². The van der Waals surface area contributed by atoms with Gasteiger partial charge in [0.05, 0.1) is 56.4 Å². The molecule has 6 aromatic carbocycles. The topological polar surface area (TPSA) is 75.3 Å². The predicted molar refractivity (Wildman–Crippen MR) is 197 cm³/mol. The first-order valence-electron chi connectivity index (χ1n) is 16.1. The molecule has 226 valence electrons. The normalized spacial score (nSPS) is 11.6. The monoisotopic (exact) mass is 624 g/mol. The van der Waals surface area contributed by atoms with E-state index in [4.69, 9.17) is 4.98 Å². The van der Waals surface area contributed by atoms with E-state index in [9.17, 15) is 10.5 Å². The molecule has 49 heavy (non-hydrogen) atoms. The third kappa shape index (κ3) is 3.83. The molecule has 0 fully saturated rings. The second kappa shape index (κ2) is 10.2. The van der Waals surface area contributed by atoms with E-state index in [2.05, 4.69) is 98.6 Å². The second-order valence-corrected chi connectivity index (χ2v) is 12.3. The van der Waals surface area contributed by atoms with Crippen molar-refractivity contribution in [3.63, 3.8) is 0 Å². The summed E-state index contributed by atoms with van der Waals surface area (Å²) in [6, 6.07) is 54.2. The van der Waals surface area contributed by atoms with E-state index in [0.29, 0.717) is 11.1 Å².